The number of carbonyl (C=O) groups excluding carboxylic acids is 1. The molecule has 0 spiro atoms. The normalized spacial score (nSPS) is 12.0. The number of sulfonamides is 1. The van der Waals surface area contributed by atoms with Crippen LogP contribution in [0.5, 0.6) is 0 Å². The number of alkyl halides is 3. The maximum Gasteiger partial charge on any atom is 0.417 e. The van der Waals surface area contributed by atoms with E-state index in [9.17, 15) is 26.4 Å². The smallest absolute Gasteiger partial charge is 0.271 e. The summed E-state index contributed by atoms with van der Waals surface area (Å²) in [6.45, 7) is -0.830. The van der Waals surface area contributed by atoms with Crippen molar-refractivity contribution >= 4 is 55.4 Å². The molecular weight excluding hydrogens is 559 g/mol. The molecule has 0 saturated carbocycles. The fraction of sp³-hybridized carbons (Fsp3) is 0.0909. The van der Waals surface area contributed by atoms with Gasteiger partial charge in [-0.05, 0) is 36.4 Å². The number of anilines is 1. The van der Waals surface area contributed by atoms with Crippen LogP contribution in [0.1, 0.15) is 11.1 Å². The SMILES string of the molecule is O=C(CN(c1ccc(Cl)c(C(F)(F)F)c1)S(=O)(=O)c1ccccc1)N/N=C\c1ccccc1Br. The van der Waals surface area contributed by atoms with E-state index in [0.717, 1.165) is 12.1 Å². The first-order valence-corrected chi connectivity index (χ1v) is 12.1. The lowest BCUT2D eigenvalue weighted by Gasteiger charge is -2.24. The Labute approximate surface area is 207 Å². The third-order valence-electron chi connectivity index (χ3n) is 4.46. The van der Waals surface area contributed by atoms with Crippen LogP contribution in [-0.4, -0.2) is 27.1 Å². The van der Waals surface area contributed by atoms with Crippen molar-refractivity contribution in [3.05, 3.63) is 93.4 Å². The summed E-state index contributed by atoms with van der Waals surface area (Å²) in [5.41, 5.74) is 1.22. The van der Waals surface area contributed by atoms with Crippen molar-refractivity contribution < 1.29 is 26.4 Å². The number of rotatable bonds is 7. The van der Waals surface area contributed by atoms with Crippen LogP contribution >= 0.6 is 27.5 Å². The van der Waals surface area contributed by atoms with E-state index in [1.165, 1.54) is 30.5 Å². The van der Waals surface area contributed by atoms with Crippen LogP contribution in [-0.2, 0) is 21.0 Å². The molecule has 0 aliphatic carbocycles. The van der Waals surface area contributed by atoms with Crippen LogP contribution in [0.3, 0.4) is 0 Å². The van der Waals surface area contributed by atoms with Crippen molar-refractivity contribution in [1.82, 2.24) is 5.43 Å². The Balaban J connectivity index is 1.95. The minimum atomic E-state index is -4.83. The quantitative estimate of drug-likeness (QED) is 0.300. The van der Waals surface area contributed by atoms with E-state index in [4.69, 9.17) is 11.6 Å². The van der Waals surface area contributed by atoms with Crippen molar-refractivity contribution in [2.75, 3.05) is 10.8 Å². The number of nitrogens with zero attached hydrogens (tertiary/aromatic N) is 2. The fourth-order valence-electron chi connectivity index (χ4n) is 2.84. The Bertz CT molecular complexity index is 1320. The van der Waals surface area contributed by atoms with Crippen LogP contribution in [0.4, 0.5) is 18.9 Å². The highest BCUT2D eigenvalue weighted by atomic mass is 79.9. The van der Waals surface area contributed by atoms with Crippen LogP contribution < -0.4 is 9.73 Å². The summed E-state index contributed by atoms with van der Waals surface area (Å²) in [7, 11) is -4.41. The average molecular weight is 575 g/mol. The molecule has 3 aromatic carbocycles. The highest BCUT2D eigenvalue weighted by Gasteiger charge is 2.35. The van der Waals surface area contributed by atoms with E-state index in [-0.39, 0.29) is 10.6 Å². The number of hydrogen-bond acceptors (Lipinski definition) is 4. The molecule has 0 bridgehead atoms. The zero-order valence-corrected chi connectivity index (χ0v) is 20.3. The van der Waals surface area contributed by atoms with Gasteiger partial charge >= 0.3 is 6.18 Å². The van der Waals surface area contributed by atoms with E-state index < -0.39 is 39.2 Å². The Morgan fingerprint density at radius 3 is 2.35 bits per heavy atom. The first-order chi connectivity index (χ1) is 16.0. The molecule has 3 aromatic rings. The van der Waals surface area contributed by atoms with Crippen molar-refractivity contribution in [2.24, 2.45) is 5.10 Å². The van der Waals surface area contributed by atoms with Crippen LogP contribution in [0.25, 0.3) is 0 Å². The second-order valence-electron chi connectivity index (χ2n) is 6.80. The molecule has 0 atom stereocenters. The molecule has 0 fully saturated rings. The second-order valence-corrected chi connectivity index (χ2v) is 9.93. The van der Waals surface area contributed by atoms with E-state index >= 15 is 0 Å². The van der Waals surface area contributed by atoms with Crippen molar-refractivity contribution in [3.63, 3.8) is 0 Å². The molecule has 1 amide bonds. The van der Waals surface area contributed by atoms with Crippen LogP contribution in [0, 0.1) is 0 Å². The average Bonchev–Trinajstić information content (AvgIpc) is 2.79. The Morgan fingerprint density at radius 1 is 1.06 bits per heavy atom. The van der Waals surface area contributed by atoms with Gasteiger partial charge in [0.25, 0.3) is 15.9 Å². The molecular formula is C22H16BrClF3N3O3S. The van der Waals surface area contributed by atoms with E-state index in [1.54, 1.807) is 30.3 Å². The third kappa shape index (κ3) is 6.16. The maximum absolute atomic E-state index is 13.4. The molecule has 1 N–H and O–H groups in total. The molecule has 0 radical (unpaired) electrons. The number of halogens is 5. The molecule has 0 heterocycles. The maximum atomic E-state index is 13.4. The third-order valence-corrected chi connectivity index (χ3v) is 7.30. The zero-order valence-electron chi connectivity index (χ0n) is 17.1. The van der Waals surface area contributed by atoms with Gasteiger partial charge in [0.05, 0.1) is 27.4 Å². The summed E-state index contributed by atoms with van der Waals surface area (Å²) in [4.78, 5) is 12.3. The van der Waals surface area contributed by atoms with Gasteiger partial charge in [-0.15, -0.1) is 0 Å². The Hall–Kier alpha value is -2.89. The van der Waals surface area contributed by atoms with Gasteiger partial charge in [0, 0.05) is 10.0 Å². The number of carbonyl (C=O) groups is 1. The first kappa shape index (κ1) is 25.7. The van der Waals surface area contributed by atoms with Crippen LogP contribution in [0.15, 0.2) is 87.3 Å². The predicted molar refractivity (Wildman–Crippen MR) is 127 cm³/mol. The number of hydrogen-bond donors (Lipinski definition) is 1. The lowest BCUT2D eigenvalue weighted by Crippen LogP contribution is -2.39. The molecule has 178 valence electrons. The monoisotopic (exact) mass is 573 g/mol. The second kappa shape index (κ2) is 10.6. The van der Waals surface area contributed by atoms with Gasteiger partial charge in [0.1, 0.15) is 6.54 Å². The van der Waals surface area contributed by atoms with Gasteiger partial charge < -0.3 is 0 Å². The van der Waals surface area contributed by atoms with Crippen molar-refractivity contribution in [2.45, 2.75) is 11.1 Å². The van der Waals surface area contributed by atoms with Gasteiger partial charge in [-0.3, -0.25) is 9.10 Å². The van der Waals surface area contributed by atoms with E-state index in [2.05, 4.69) is 26.5 Å². The molecule has 12 heteroatoms. The summed E-state index contributed by atoms with van der Waals surface area (Å²) in [6.07, 6.45) is -3.49. The molecule has 3 rings (SSSR count). The molecule has 34 heavy (non-hydrogen) atoms. The minimum Gasteiger partial charge on any atom is -0.271 e. The fourth-order valence-corrected chi connectivity index (χ4v) is 4.89. The highest BCUT2D eigenvalue weighted by Crippen LogP contribution is 2.38. The van der Waals surface area contributed by atoms with E-state index in [0.29, 0.717) is 20.4 Å². The van der Waals surface area contributed by atoms with Crippen molar-refractivity contribution in [1.29, 1.82) is 0 Å². The van der Waals surface area contributed by atoms with Crippen molar-refractivity contribution in [3.8, 4) is 0 Å². The van der Waals surface area contributed by atoms with Gasteiger partial charge in [-0.25, -0.2) is 13.8 Å². The largest absolute Gasteiger partial charge is 0.417 e. The lowest BCUT2D eigenvalue weighted by molar-refractivity contribution is -0.137. The number of nitrogens with one attached hydrogen (secondary N) is 1. The Morgan fingerprint density at radius 2 is 1.71 bits per heavy atom. The molecule has 0 unspecified atom stereocenters. The summed E-state index contributed by atoms with van der Waals surface area (Å²) in [5, 5.41) is 3.20. The first-order valence-electron chi connectivity index (χ1n) is 9.51. The summed E-state index contributed by atoms with van der Waals surface area (Å²) < 4.78 is 67.9. The summed E-state index contributed by atoms with van der Waals surface area (Å²) in [5.74, 6) is -0.869. The molecule has 0 aliphatic rings. The van der Waals surface area contributed by atoms with E-state index in [1.807, 2.05) is 0 Å². The van der Waals surface area contributed by atoms with Gasteiger partial charge in [-0.2, -0.15) is 18.3 Å². The van der Waals surface area contributed by atoms with Gasteiger partial charge in [-0.1, -0.05) is 63.9 Å². The highest BCUT2D eigenvalue weighted by molar-refractivity contribution is 9.10. The Kier molecular flexibility index (Phi) is 8.01. The number of hydrazone groups is 1. The van der Waals surface area contributed by atoms with Gasteiger partial charge in [0.15, 0.2) is 0 Å². The van der Waals surface area contributed by atoms with Crippen LogP contribution in [0.2, 0.25) is 5.02 Å². The molecule has 0 aliphatic heterocycles. The number of benzene rings is 3. The summed E-state index contributed by atoms with van der Waals surface area (Å²) >= 11 is 8.99. The minimum absolute atomic E-state index is 0.206. The predicted octanol–water partition coefficient (Wildman–Crippen LogP) is 5.47. The molecule has 0 aromatic heterocycles. The summed E-state index contributed by atoms with van der Waals surface area (Å²) in [6, 6.07) is 16.6. The standard InChI is InChI=1S/C22H16BrClF3N3O3S/c23-19-9-5-4-6-15(19)13-28-29-21(31)14-30(34(32,33)17-7-2-1-3-8-17)16-10-11-20(24)18(12-16)22(25,26)27/h1-13H,14H2,(H,29,31)/b28-13-. The topological polar surface area (TPSA) is 78.8 Å². The number of amides is 1. The zero-order chi connectivity index (χ0) is 24.9. The molecule has 6 nitrogen and oxygen atoms in total. The van der Waals surface area contributed by atoms with Gasteiger partial charge in [0.2, 0.25) is 0 Å². The lowest BCUT2D eigenvalue weighted by atomic mass is 10.2. The molecule has 0 saturated heterocycles.